The zero-order chi connectivity index (χ0) is 14.7. The molecule has 20 heavy (non-hydrogen) atoms. The second kappa shape index (κ2) is 5.47. The maximum atomic E-state index is 11.5. The number of ether oxygens (including phenoxy) is 1. The number of aryl methyl sites for hydroxylation is 1. The van der Waals surface area contributed by atoms with Gasteiger partial charge in [0.05, 0.1) is 29.6 Å². The van der Waals surface area contributed by atoms with E-state index >= 15 is 0 Å². The molecule has 0 aliphatic rings. The molecule has 8 heteroatoms. The van der Waals surface area contributed by atoms with Crippen molar-refractivity contribution in [2.75, 3.05) is 6.61 Å². The van der Waals surface area contributed by atoms with Gasteiger partial charge >= 0.3 is 11.9 Å². The summed E-state index contributed by atoms with van der Waals surface area (Å²) in [4.78, 5) is 30.3. The van der Waals surface area contributed by atoms with Crippen LogP contribution in [0.2, 0.25) is 0 Å². The number of aromatic nitrogens is 4. The summed E-state index contributed by atoms with van der Waals surface area (Å²) in [5, 5.41) is 12.8. The molecular weight excluding hydrogens is 264 g/mol. The molecule has 0 aromatic carbocycles. The zero-order valence-corrected chi connectivity index (χ0v) is 10.9. The van der Waals surface area contributed by atoms with Crippen molar-refractivity contribution in [3.63, 3.8) is 0 Å². The van der Waals surface area contributed by atoms with Gasteiger partial charge in [0.25, 0.3) is 5.95 Å². The number of rotatable bonds is 4. The van der Waals surface area contributed by atoms with Crippen LogP contribution in [-0.4, -0.2) is 43.4 Å². The molecule has 0 fully saturated rings. The minimum Gasteiger partial charge on any atom is -0.478 e. The first-order valence-corrected chi connectivity index (χ1v) is 5.82. The van der Waals surface area contributed by atoms with Gasteiger partial charge in [0, 0.05) is 12.4 Å². The highest BCUT2D eigenvalue weighted by Crippen LogP contribution is 2.08. The van der Waals surface area contributed by atoms with Gasteiger partial charge in [-0.05, 0) is 13.8 Å². The van der Waals surface area contributed by atoms with Crippen LogP contribution in [0.5, 0.6) is 0 Å². The molecule has 1 N–H and O–H groups in total. The summed E-state index contributed by atoms with van der Waals surface area (Å²) < 4.78 is 6.12. The van der Waals surface area contributed by atoms with Gasteiger partial charge in [-0.1, -0.05) is 0 Å². The minimum absolute atomic E-state index is 0.0199. The van der Waals surface area contributed by atoms with Crippen LogP contribution >= 0.6 is 0 Å². The predicted octanol–water partition coefficient (Wildman–Crippen LogP) is 0.846. The van der Waals surface area contributed by atoms with Crippen molar-refractivity contribution in [3.05, 3.63) is 35.4 Å². The quantitative estimate of drug-likeness (QED) is 0.824. The second-order valence-electron chi connectivity index (χ2n) is 3.87. The molecule has 0 aliphatic carbocycles. The lowest BCUT2D eigenvalue weighted by Crippen LogP contribution is -2.08. The third kappa shape index (κ3) is 2.63. The molecule has 2 heterocycles. The lowest BCUT2D eigenvalue weighted by molar-refractivity contribution is 0.0526. The lowest BCUT2D eigenvalue weighted by Gasteiger charge is -2.03. The maximum absolute atomic E-state index is 11.5. The Labute approximate surface area is 114 Å². The van der Waals surface area contributed by atoms with Crippen molar-refractivity contribution in [2.45, 2.75) is 13.8 Å². The van der Waals surface area contributed by atoms with Crippen LogP contribution in [0.4, 0.5) is 0 Å². The van der Waals surface area contributed by atoms with E-state index in [0.29, 0.717) is 5.69 Å². The zero-order valence-electron chi connectivity index (χ0n) is 10.9. The Morgan fingerprint density at radius 1 is 1.40 bits per heavy atom. The molecule has 0 saturated carbocycles. The molecule has 0 spiro atoms. The van der Waals surface area contributed by atoms with Gasteiger partial charge in [0.2, 0.25) is 0 Å². The van der Waals surface area contributed by atoms with Gasteiger partial charge in [-0.2, -0.15) is 5.10 Å². The third-order valence-corrected chi connectivity index (χ3v) is 2.50. The summed E-state index contributed by atoms with van der Waals surface area (Å²) >= 11 is 0. The number of carboxylic acid groups (broad SMARTS) is 1. The molecule has 104 valence electrons. The molecule has 0 radical (unpaired) electrons. The Morgan fingerprint density at radius 2 is 2.15 bits per heavy atom. The van der Waals surface area contributed by atoms with Gasteiger partial charge in [-0.15, -0.1) is 0 Å². The minimum atomic E-state index is -1.10. The molecule has 0 bridgehead atoms. The van der Waals surface area contributed by atoms with E-state index in [9.17, 15) is 9.59 Å². The van der Waals surface area contributed by atoms with Crippen LogP contribution in [0.15, 0.2) is 18.6 Å². The summed E-state index contributed by atoms with van der Waals surface area (Å²) in [6.07, 6.45) is 3.96. The van der Waals surface area contributed by atoms with Crippen LogP contribution in [-0.2, 0) is 4.74 Å². The van der Waals surface area contributed by atoms with Gasteiger partial charge < -0.3 is 9.84 Å². The number of esters is 1. The van der Waals surface area contributed by atoms with E-state index in [1.807, 2.05) is 0 Å². The standard InChI is InChI=1S/C12H12N4O4/c1-3-20-11(19)8-4-14-16(6-8)12-13-5-9(10(17)18)7(2)15-12/h4-6H,3H2,1-2H3,(H,17,18). The topological polar surface area (TPSA) is 107 Å². The number of hydrogen-bond donors (Lipinski definition) is 1. The molecule has 0 amide bonds. The largest absolute Gasteiger partial charge is 0.478 e. The smallest absolute Gasteiger partial charge is 0.341 e. The molecule has 0 aliphatic heterocycles. The van der Waals surface area contributed by atoms with Crippen LogP contribution in [0.1, 0.15) is 33.3 Å². The van der Waals surface area contributed by atoms with Gasteiger partial charge in [0.15, 0.2) is 0 Å². The Kier molecular flexibility index (Phi) is 3.74. The van der Waals surface area contributed by atoms with Crippen molar-refractivity contribution >= 4 is 11.9 Å². The van der Waals surface area contributed by atoms with E-state index in [2.05, 4.69) is 15.1 Å². The fourth-order valence-electron chi connectivity index (χ4n) is 1.53. The summed E-state index contributed by atoms with van der Waals surface area (Å²) in [5.41, 5.74) is 0.609. The molecule has 0 saturated heterocycles. The predicted molar refractivity (Wildman–Crippen MR) is 66.8 cm³/mol. The molecule has 8 nitrogen and oxygen atoms in total. The number of hydrogen-bond acceptors (Lipinski definition) is 6. The monoisotopic (exact) mass is 276 g/mol. The van der Waals surface area contributed by atoms with E-state index in [0.717, 1.165) is 0 Å². The molecule has 2 aromatic heterocycles. The highest BCUT2D eigenvalue weighted by Gasteiger charge is 2.14. The van der Waals surface area contributed by atoms with Crippen LogP contribution < -0.4 is 0 Å². The summed E-state index contributed by atoms with van der Waals surface area (Å²) in [6.45, 7) is 3.54. The third-order valence-electron chi connectivity index (χ3n) is 2.50. The average molecular weight is 276 g/mol. The molecular formula is C12H12N4O4. The molecule has 2 rings (SSSR count). The van der Waals surface area contributed by atoms with Crippen molar-refractivity contribution in [1.82, 2.24) is 19.7 Å². The van der Waals surface area contributed by atoms with E-state index in [-0.39, 0.29) is 23.7 Å². The number of carboxylic acids is 1. The first kappa shape index (κ1) is 13.7. The first-order valence-electron chi connectivity index (χ1n) is 5.82. The van der Waals surface area contributed by atoms with Gasteiger partial charge in [-0.25, -0.2) is 24.2 Å². The Morgan fingerprint density at radius 3 is 2.75 bits per heavy atom. The van der Waals surface area contributed by atoms with E-state index in [4.69, 9.17) is 9.84 Å². The van der Waals surface area contributed by atoms with Crippen LogP contribution in [0.25, 0.3) is 5.95 Å². The Bertz CT molecular complexity index is 665. The number of nitrogens with zero attached hydrogens (tertiary/aromatic N) is 4. The Hall–Kier alpha value is -2.77. The first-order chi connectivity index (χ1) is 9.52. The number of aromatic carboxylic acids is 1. The van der Waals surface area contributed by atoms with Gasteiger partial charge in [0.1, 0.15) is 0 Å². The van der Waals surface area contributed by atoms with Crippen LogP contribution in [0.3, 0.4) is 0 Å². The molecule has 0 unspecified atom stereocenters. The number of carbonyl (C=O) groups excluding carboxylic acids is 1. The maximum Gasteiger partial charge on any atom is 0.341 e. The fourth-order valence-corrected chi connectivity index (χ4v) is 1.53. The SMILES string of the molecule is CCOC(=O)c1cnn(-c2ncc(C(=O)O)c(C)n2)c1. The highest BCUT2D eigenvalue weighted by molar-refractivity contribution is 5.89. The van der Waals surface area contributed by atoms with Gasteiger partial charge in [-0.3, -0.25) is 0 Å². The van der Waals surface area contributed by atoms with Crippen molar-refractivity contribution in [3.8, 4) is 5.95 Å². The summed E-state index contributed by atoms with van der Waals surface area (Å²) in [5.74, 6) is -1.40. The molecule has 0 atom stereocenters. The number of carbonyl (C=O) groups is 2. The van der Waals surface area contributed by atoms with E-state index < -0.39 is 11.9 Å². The van der Waals surface area contributed by atoms with Crippen molar-refractivity contribution in [2.24, 2.45) is 0 Å². The van der Waals surface area contributed by atoms with Crippen molar-refractivity contribution in [1.29, 1.82) is 0 Å². The van der Waals surface area contributed by atoms with E-state index in [1.165, 1.54) is 23.3 Å². The summed E-state index contributed by atoms with van der Waals surface area (Å²) in [7, 11) is 0. The normalized spacial score (nSPS) is 10.3. The molecule has 2 aromatic rings. The lowest BCUT2D eigenvalue weighted by atomic mass is 10.2. The highest BCUT2D eigenvalue weighted by atomic mass is 16.5. The second-order valence-corrected chi connectivity index (χ2v) is 3.87. The average Bonchev–Trinajstić information content (AvgIpc) is 2.88. The summed E-state index contributed by atoms with van der Waals surface area (Å²) in [6, 6.07) is 0. The van der Waals surface area contributed by atoms with E-state index in [1.54, 1.807) is 13.8 Å². The fraction of sp³-hybridized carbons (Fsp3) is 0.250. The van der Waals surface area contributed by atoms with Crippen molar-refractivity contribution < 1.29 is 19.4 Å². The van der Waals surface area contributed by atoms with Crippen LogP contribution in [0, 0.1) is 6.92 Å². The Balaban J connectivity index is 2.31.